The van der Waals surface area contributed by atoms with Crippen LogP contribution in [0.15, 0.2) is 192 Å². The summed E-state index contributed by atoms with van der Waals surface area (Å²) >= 11 is 41.3. The average molecular weight is 1810 g/mol. The van der Waals surface area contributed by atoms with Crippen LogP contribution in [0.3, 0.4) is 0 Å². The molecule has 0 aliphatic carbocycles. The van der Waals surface area contributed by atoms with Crippen LogP contribution in [-0.2, 0) is 69.1 Å². The average Bonchev–Trinajstić information content (AvgIpc) is 1.56. The molecule has 0 radical (unpaired) electrons. The molecule has 2 amide bonds. The van der Waals surface area contributed by atoms with E-state index in [0.29, 0.717) is 82.4 Å². The molecule has 0 aromatic heterocycles. The number of thioether (sulfide) groups is 3. The van der Waals surface area contributed by atoms with Gasteiger partial charge in [0.25, 0.3) is 11.8 Å². The summed E-state index contributed by atoms with van der Waals surface area (Å²) < 4.78 is 25.2. The van der Waals surface area contributed by atoms with Gasteiger partial charge in [0.2, 0.25) is 0 Å². The van der Waals surface area contributed by atoms with Gasteiger partial charge in [0.1, 0.15) is 51.2 Å². The summed E-state index contributed by atoms with van der Waals surface area (Å²) in [6.45, 7) is 21.8. The van der Waals surface area contributed by atoms with Gasteiger partial charge in [-0.3, -0.25) is 9.59 Å². The molecular weight excluding hydrogens is 1710 g/mol. The summed E-state index contributed by atoms with van der Waals surface area (Å²) in [6.07, 6.45) is 5.70. The number of fused-ring (bicyclic) bond motifs is 3. The smallest absolute Gasteiger partial charge is 0.344 e. The lowest BCUT2D eigenvalue weighted by Crippen LogP contribution is -2.40. The van der Waals surface area contributed by atoms with Crippen LogP contribution >= 0.6 is 105 Å². The van der Waals surface area contributed by atoms with Crippen molar-refractivity contribution in [2.75, 3.05) is 73.5 Å². The Hall–Kier alpha value is -7.60. The van der Waals surface area contributed by atoms with Crippen molar-refractivity contribution in [3.05, 3.63) is 241 Å². The van der Waals surface area contributed by atoms with Crippen molar-refractivity contribution in [2.24, 2.45) is 32.7 Å². The number of ether oxygens (including phenoxy) is 5. The van der Waals surface area contributed by atoms with E-state index in [4.69, 9.17) is 104 Å². The number of methoxy groups -OCH3 is 2. The molecule has 120 heavy (non-hydrogen) atoms. The molecule has 3 N–H and O–H groups in total. The fraction of sp³-hybridized carbons (Fsp3) is 0.427. The zero-order chi connectivity index (χ0) is 86.2. The maximum absolute atomic E-state index is 14.1. The Morgan fingerprint density at radius 3 is 1.02 bits per heavy atom. The number of carboxylic acid groups (broad SMARTS) is 2. The van der Waals surface area contributed by atoms with Crippen LogP contribution in [0.5, 0.6) is 0 Å². The number of nitrogens with zero attached hydrogens (tertiary/aromatic N) is 8. The van der Waals surface area contributed by atoms with Crippen molar-refractivity contribution in [3.63, 3.8) is 0 Å². The van der Waals surface area contributed by atoms with Crippen molar-refractivity contribution in [1.29, 1.82) is 0 Å². The molecule has 3 fully saturated rings. The minimum absolute atomic E-state index is 0.0157. The van der Waals surface area contributed by atoms with Gasteiger partial charge in [-0.05, 0) is 225 Å². The molecule has 9 atom stereocenters. The molecule has 6 aromatic carbocycles. The highest BCUT2D eigenvalue weighted by atomic mass is 35.5. The Bertz CT molecular complexity index is 4960. The number of likely N-dealkylation sites (tertiary alicyclic amines) is 2. The van der Waals surface area contributed by atoms with Crippen LogP contribution in [0, 0.1) is 17.8 Å². The number of aliphatic imine (C=N–C) groups is 3. The maximum atomic E-state index is 14.1. The Morgan fingerprint density at radius 1 is 0.433 bits per heavy atom. The number of allylic oxidation sites excluding steroid dienone is 3. The van der Waals surface area contributed by atoms with Gasteiger partial charge >= 0.3 is 23.9 Å². The number of nitrogens with one attached hydrogen (secondary N) is 1. The van der Waals surface area contributed by atoms with Gasteiger partial charge in [-0.15, -0.1) is 0 Å². The van der Waals surface area contributed by atoms with Crippen LogP contribution in [0.1, 0.15) is 152 Å². The topological polar surface area (TPSA) is 254 Å². The van der Waals surface area contributed by atoms with Crippen LogP contribution < -0.4 is 5.32 Å². The standard InChI is InChI=1S/C30H33Cl2N3O4S.C29H31Cl2N3O4S.C22H20Cl2N2O2S.C8H15NO3/c1-18(2)25-26(28(37)34-15-5-6-23(34)16-39-17-24(36)38-4)40-29-33-30(3,20-9-13-22(32)14-10-20)27(35(25)29)19-7-11-21(31)12-8-19;1-17(2)24-25(27(37)33-14-4-5-22(33)15-38-16-23(35)36)39-28-32-29(3,19-8-12-21(31)13-9-19)26(34(24)28)18-6-10-20(30)11-7-18;1-12(2)17-18(20(27)28)29-21-25-22(3,14-6-10-16(24)11-7-14)19(26(17)21)13-4-8-15(23)9-5-13;1-11-8(10)6-12-5-7-3-2-4-9-7/h7-14,18,23,27H,5-6,15-17H2,1-4H3;6-13,17,22,26H,4-5,14-16H2,1-3H3,(H,35,36);4-12,19H,1-3H3,(H,27,28);7,9H,2-6H2,1H3/t23-,27+,30-;22-,26+,29-;19-,22+;7-/m0010/s1. The molecule has 9 aliphatic rings. The molecule has 638 valence electrons. The van der Waals surface area contributed by atoms with E-state index >= 15 is 0 Å². The zero-order valence-electron chi connectivity index (χ0n) is 68.6. The van der Waals surface area contributed by atoms with Crippen molar-refractivity contribution in [2.45, 2.75) is 154 Å². The molecule has 0 saturated carbocycles. The highest BCUT2D eigenvalue weighted by Gasteiger charge is 2.57. The summed E-state index contributed by atoms with van der Waals surface area (Å²) in [5, 5.41) is 28.3. The number of carboxylic acids is 2. The van der Waals surface area contributed by atoms with Crippen molar-refractivity contribution in [1.82, 2.24) is 29.8 Å². The number of aliphatic carboxylic acids is 2. The second-order valence-electron chi connectivity index (χ2n) is 31.8. The van der Waals surface area contributed by atoms with Crippen LogP contribution in [0.4, 0.5) is 0 Å². The number of esters is 2. The van der Waals surface area contributed by atoms with Crippen molar-refractivity contribution < 1.29 is 62.7 Å². The second kappa shape index (κ2) is 39.9. The Balaban J connectivity index is 0.000000156. The Kier molecular flexibility index (Phi) is 30.5. The number of hydrogen-bond donors (Lipinski definition) is 3. The molecule has 15 rings (SSSR count). The summed E-state index contributed by atoms with van der Waals surface area (Å²) in [5.41, 5.74) is 7.06. The number of halogens is 6. The molecule has 0 bridgehead atoms. The molecular formula is C89H99Cl6N9O13S3. The monoisotopic (exact) mass is 1810 g/mol. The number of carbonyl (C=O) groups is 6. The van der Waals surface area contributed by atoms with E-state index in [9.17, 15) is 33.9 Å². The molecule has 6 aromatic rings. The molecule has 3 saturated heterocycles. The third-order valence-electron chi connectivity index (χ3n) is 22.6. The van der Waals surface area contributed by atoms with Gasteiger partial charge in [0.15, 0.2) is 15.5 Å². The Morgan fingerprint density at radius 2 is 0.733 bits per heavy atom. The van der Waals surface area contributed by atoms with Gasteiger partial charge in [-0.2, -0.15) is 0 Å². The minimum atomic E-state index is -1.02. The fourth-order valence-electron chi connectivity index (χ4n) is 16.9. The second-order valence-corrected chi connectivity index (χ2v) is 37.4. The minimum Gasteiger partial charge on any atom is -0.480 e. The number of amidine groups is 3. The molecule has 0 unspecified atom stereocenters. The summed E-state index contributed by atoms with van der Waals surface area (Å²) in [6, 6.07) is 46.3. The lowest BCUT2D eigenvalue weighted by molar-refractivity contribution is -0.147. The number of benzene rings is 6. The normalized spacial score (nSPS) is 24.0. The SMILES string of the molecule is CC(C)C1=C(C(=O)N2CCC[C@H]2COCC(=O)O)SC2=N[C@@](C)(c3ccc(Cl)cc3)[C@@H](c3ccc(Cl)cc3)N21.CC(C)C1=C(C(=O)O)SC2=N[C@@](C)(c3ccc(Cl)cc3)[C@@H](c3ccc(Cl)cc3)N21.COC(=O)COC[C@@H]1CCCN1.COC(=O)COC[C@@H]1CCCN1C(=O)C1=C(C(C)C)N2C(=N[C@@](C)(c3ccc(Cl)cc3)[C@H]2c2ccc(Cl)cc2)S1. The van der Waals surface area contributed by atoms with E-state index in [1.165, 1.54) is 55.9 Å². The van der Waals surface area contributed by atoms with Crippen molar-refractivity contribution in [3.8, 4) is 0 Å². The quantitative estimate of drug-likeness (QED) is 0.0476. The van der Waals surface area contributed by atoms with E-state index in [0.717, 1.165) is 99.5 Å². The summed E-state index contributed by atoms with van der Waals surface area (Å²) in [7, 11) is 2.69. The zero-order valence-corrected chi connectivity index (χ0v) is 75.6. The largest absolute Gasteiger partial charge is 0.480 e. The summed E-state index contributed by atoms with van der Waals surface area (Å²) in [5.74, 6) is -2.59. The predicted octanol–water partition coefficient (Wildman–Crippen LogP) is 19.0. The van der Waals surface area contributed by atoms with Crippen molar-refractivity contribution >= 4 is 156 Å². The van der Waals surface area contributed by atoms with E-state index in [2.05, 4.69) is 78.0 Å². The van der Waals surface area contributed by atoms with Gasteiger partial charge in [-0.1, -0.05) is 184 Å². The van der Waals surface area contributed by atoms with Gasteiger partial charge in [0, 0.05) is 66.4 Å². The third kappa shape index (κ3) is 20.1. The molecule has 9 heterocycles. The van der Waals surface area contributed by atoms with E-state index in [-0.39, 0.29) is 92.2 Å². The number of rotatable bonds is 24. The first-order valence-corrected chi connectivity index (χ1v) is 44.7. The molecule has 31 heteroatoms. The first-order chi connectivity index (χ1) is 57.3. The lowest BCUT2D eigenvalue weighted by atomic mass is 9.81. The number of carbonyl (C=O) groups excluding carboxylic acids is 4. The van der Waals surface area contributed by atoms with Gasteiger partial charge in [0.05, 0.1) is 64.2 Å². The Labute approximate surface area is 743 Å². The number of hydrogen-bond acceptors (Lipinski definition) is 21. The van der Waals surface area contributed by atoms with Gasteiger partial charge < -0.3 is 63.7 Å². The number of amides is 2. The van der Waals surface area contributed by atoms with Gasteiger partial charge in [-0.25, -0.2) is 34.2 Å². The third-order valence-corrected chi connectivity index (χ3v) is 27.3. The molecule has 0 spiro atoms. The first kappa shape index (κ1) is 91.6. The highest BCUT2D eigenvalue weighted by Crippen LogP contribution is 2.60. The van der Waals surface area contributed by atoms with E-state index < -0.39 is 34.5 Å². The lowest BCUT2D eigenvalue weighted by Gasteiger charge is -2.37. The molecule has 22 nitrogen and oxygen atoms in total. The maximum Gasteiger partial charge on any atom is 0.344 e. The van der Waals surface area contributed by atoms with Crippen LogP contribution in [-0.4, -0.2) is 178 Å². The summed E-state index contributed by atoms with van der Waals surface area (Å²) in [4.78, 5) is 101. The van der Waals surface area contributed by atoms with E-state index in [1.54, 1.807) is 0 Å². The van der Waals surface area contributed by atoms with Crippen LogP contribution in [0.2, 0.25) is 30.1 Å². The van der Waals surface area contributed by atoms with E-state index in [1.807, 2.05) is 169 Å². The van der Waals surface area contributed by atoms with Crippen LogP contribution in [0.25, 0.3) is 0 Å². The highest BCUT2D eigenvalue weighted by molar-refractivity contribution is 8.18. The fourth-order valence-corrected chi connectivity index (χ4v) is 21.6. The first-order valence-electron chi connectivity index (χ1n) is 39.9. The predicted molar refractivity (Wildman–Crippen MR) is 477 cm³/mol. The molecule has 9 aliphatic heterocycles.